The van der Waals surface area contributed by atoms with E-state index >= 15 is 0 Å². The number of nitrogens with zero attached hydrogens (tertiary/aromatic N) is 3. The molecule has 7 heteroatoms. The molecule has 1 unspecified atom stereocenters. The summed E-state index contributed by atoms with van der Waals surface area (Å²) >= 11 is 0. The molecule has 4 aromatic rings. The summed E-state index contributed by atoms with van der Waals surface area (Å²) in [5, 5.41) is 16.3. The second-order valence-electron chi connectivity index (χ2n) is 8.76. The number of aryl methyl sites for hydroxylation is 1. The van der Waals surface area contributed by atoms with Crippen molar-refractivity contribution in [2.75, 3.05) is 10.6 Å². The van der Waals surface area contributed by atoms with E-state index in [0.717, 1.165) is 41.0 Å². The zero-order valence-electron chi connectivity index (χ0n) is 19.3. The fourth-order valence-corrected chi connectivity index (χ4v) is 4.47. The first-order valence-corrected chi connectivity index (χ1v) is 11.8. The molecule has 2 atom stereocenters. The van der Waals surface area contributed by atoms with E-state index in [1.54, 1.807) is 6.20 Å². The van der Waals surface area contributed by atoms with Gasteiger partial charge in [-0.3, -0.25) is 9.78 Å². The summed E-state index contributed by atoms with van der Waals surface area (Å²) in [5.74, 6) is -0.417. The second kappa shape index (κ2) is 10.3. The standard InChI is InChI=1S/C28H27N5O2/c34-27(35)16-22(15-19-7-3-1-4-8-19)31-28-29-14-13-24(33-28)23-12-11-21-18-30-25(17-26(21)32-23)20-9-5-2-6-10-20/h1-10,13-14,17-18,22-23,32H,11-12,15-16H2,(H,34,35)(H,29,31,33)/t22?,23-/m1/s1. The molecule has 2 aromatic heterocycles. The predicted molar refractivity (Wildman–Crippen MR) is 136 cm³/mol. The Morgan fingerprint density at radius 3 is 2.60 bits per heavy atom. The highest BCUT2D eigenvalue weighted by atomic mass is 16.4. The Labute approximate surface area is 204 Å². The number of aliphatic carboxylic acids is 1. The fraction of sp³-hybridized carbons (Fsp3) is 0.214. The number of rotatable bonds is 8. The van der Waals surface area contributed by atoms with E-state index in [-0.39, 0.29) is 18.5 Å². The third-order valence-corrected chi connectivity index (χ3v) is 6.20. The lowest BCUT2D eigenvalue weighted by molar-refractivity contribution is -0.137. The molecule has 176 valence electrons. The number of nitrogens with one attached hydrogen (secondary N) is 2. The molecule has 1 aliphatic heterocycles. The van der Waals surface area contributed by atoms with Gasteiger partial charge in [-0.25, -0.2) is 9.97 Å². The van der Waals surface area contributed by atoms with Crippen LogP contribution in [0.2, 0.25) is 0 Å². The number of aromatic nitrogens is 3. The Morgan fingerprint density at radius 2 is 1.83 bits per heavy atom. The molecule has 3 heterocycles. The maximum absolute atomic E-state index is 11.5. The van der Waals surface area contributed by atoms with Crippen LogP contribution in [0.5, 0.6) is 0 Å². The van der Waals surface area contributed by atoms with Crippen LogP contribution in [-0.4, -0.2) is 32.1 Å². The molecule has 1 aliphatic rings. The molecular formula is C28H27N5O2. The number of pyridine rings is 1. The van der Waals surface area contributed by atoms with Gasteiger partial charge in [-0.05, 0) is 42.5 Å². The van der Waals surface area contributed by atoms with E-state index in [1.165, 1.54) is 5.56 Å². The van der Waals surface area contributed by atoms with Crippen molar-refractivity contribution in [3.05, 3.63) is 102 Å². The number of fused-ring (bicyclic) bond motifs is 1. The van der Waals surface area contributed by atoms with Crippen molar-refractivity contribution >= 4 is 17.6 Å². The van der Waals surface area contributed by atoms with Gasteiger partial charge in [-0.1, -0.05) is 60.7 Å². The topological polar surface area (TPSA) is 100 Å². The van der Waals surface area contributed by atoms with Crippen LogP contribution in [0.4, 0.5) is 11.6 Å². The van der Waals surface area contributed by atoms with Crippen molar-refractivity contribution in [3.63, 3.8) is 0 Å². The molecule has 0 fully saturated rings. The number of anilines is 2. The predicted octanol–water partition coefficient (Wildman–Crippen LogP) is 5.14. The van der Waals surface area contributed by atoms with E-state index in [4.69, 9.17) is 4.98 Å². The van der Waals surface area contributed by atoms with Crippen LogP contribution in [0.25, 0.3) is 11.3 Å². The maximum atomic E-state index is 11.5. The summed E-state index contributed by atoms with van der Waals surface area (Å²) in [6.07, 6.45) is 6.02. The van der Waals surface area contributed by atoms with Crippen molar-refractivity contribution in [1.82, 2.24) is 15.0 Å². The SMILES string of the molecule is O=C(O)CC(Cc1ccccc1)Nc1nccc([C@H]2CCc3cnc(-c4ccccc4)cc3N2)n1. The van der Waals surface area contributed by atoms with Gasteiger partial charge in [-0.2, -0.15) is 0 Å². The molecule has 5 rings (SSSR count). The molecule has 0 saturated heterocycles. The van der Waals surface area contributed by atoms with Crippen LogP contribution in [-0.2, 0) is 17.6 Å². The average molecular weight is 466 g/mol. The highest BCUT2D eigenvalue weighted by Gasteiger charge is 2.22. The summed E-state index contributed by atoms with van der Waals surface area (Å²) in [5.41, 5.74) is 6.21. The van der Waals surface area contributed by atoms with Gasteiger partial charge in [0.1, 0.15) is 0 Å². The number of carboxylic acids is 1. The van der Waals surface area contributed by atoms with Crippen molar-refractivity contribution in [2.24, 2.45) is 0 Å². The quantitative estimate of drug-likeness (QED) is 0.331. The number of carboxylic acid groups (broad SMARTS) is 1. The van der Waals surface area contributed by atoms with Gasteiger partial charge in [0.2, 0.25) is 5.95 Å². The second-order valence-corrected chi connectivity index (χ2v) is 8.76. The minimum Gasteiger partial charge on any atom is -0.481 e. The summed E-state index contributed by atoms with van der Waals surface area (Å²) in [6.45, 7) is 0. The fourth-order valence-electron chi connectivity index (χ4n) is 4.47. The van der Waals surface area contributed by atoms with Gasteiger partial charge in [0.25, 0.3) is 0 Å². The number of carbonyl (C=O) groups is 1. The Kier molecular flexibility index (Phi) is 6.66. The van der Waals surface area contributed by atoms with Gasteiger partial charge >= 0.3 is 5.97 Å². The Hall–Kier alpha value is -4.26. The Bertz CT molecular complexity index is 1300. The summed E-state index contributed by atoms with van der Waals surface area (Å²) in [6, 6.07) is 23.7. The van der Waals surface area contributed by atoms with E-state index in [0.29, 0.717) is 12.4 Å². The first-order chi connectivity index (χ1) is 17.1. The molecule has 0 aliphatic carbocycles. The molecular weight excluding hydrogens is 438 g/mol. The lowest BCUT2D eigenvalue weighted by Crippen LogP contribution is -2.27. The summed E-state index contributed by atoms with van der Waals surface area (Å²) in [4.78, 5) is 25.2. The largest absolute Gasteiger partial charge is 0.481 e. The maximum Gasteiger partial charge on any atom is 0.305 e. The molecule has 0 amide bonds. The van der Waals surface area contributed by atoms with E-state index in [1.807, 2.05) is 60.8 Å². The van der Waals surface area contributed by atoms with E-state index in [2.05, 4.69) is 38.8 Å². The molecule has 3 N–H and O–H groups in total. The normalized spacial score (nSPS) is 15.5. The lowest BCUT2D eigenvalue weighted by atomic mass is 9.96. The third kappa shape index (κ3) is 5.63. The Balaban J connectivity index is 1.33. The number of hydrogen-bond acceptors (Lipinski definition) is 6. The molecule has 0 saturated carbocycles. The van der Waals surface area contributed by atoms with Crippen molar-refractivity contribution in [3.8, 4) is 11.3 Å². The van der Waals surface area contributed by atoms with E-state index in [9.17, 15) is 9.90 Å². The van der Waals surface area contributed by atoms with Gasteiger partial charge in [0, 0.05) is 29.7 Å². The summed E-state index contributed by atoms with van der Waals surface area (Å²) in [7, 11) is 0. The van der Waals surface area contributed by atoms with Crippen LogP contribution >= 0.6 is 0 Å². The van der Waals surface area contributed by atoms with Crippen LogP contribution in [0.15, 0.2) is 85.2 Å². The molecule has 35 heavy (non-hydrogen) atoms. The van der Waals surface area contributed by atoms with Gasteiger partial charge < -0.3 is 15.7 Å². The molecule has 0 bridgehead atoms. The lowest BCUT2D eigenvalue weighted by Gasteiger charge is -2.27. The minimum atomic E-state index is -0.858. The third-order valence-electron chi connectivity index (χ3n) is 6.20. The first-order valence-electron chi connectivity index (χ1n) is 11.8. The minimum absolute atomic E-state index is 0.0210. The highest BCUT2D eigenvalue weighted by molar-refractivity contribution is 5.68. The number of benzene rings is 2. The Morgan fingerprint density at radius 1 is 1.06 bits per heavy atom. The van der Waals surface area contributed by atoms with Gasteiger partial charge in [0.05, 0.1) is 23.9 Å². The van der Waals surface area contributed by atoms with Crippen molar-refractivity contribution in [1.29, 1.82) is 0 Å². The molecule has 0 spiro atoms. The van der Waals surface area contributed by atoms with Gasteiger partial charge in [-0.15, -0.1) is 0 Å². The molecule has 2 aromatic carbocycles. The first kappa shape index (κ1) is 22.5. The zero-order chi connectivity index (χ0) is 24.0. The van der Waals surface area contributed by atoms with Crippen LogP contribution < -0.4 is 10.6 Å². The van der Waals surface area contributed by atoms with Crippen molar-refractivity contribution < 1.29 is 9.90 Å². The van der Waals surface area contributed by atoms with Crippen molar-refractivity contribution in [2.45, 2.75) is 37.8 Å². The highest BCUT2D eigenvalue weighted by Crippen LogP contribution is 2.34. The zero-order valence-corrected chi connectivity index (χ0v) is 19.3. The van der Waals surface area contributed by atoms with Crippen LogP contribution in [0, 0.1) is 0 Å². The molecule has 0 radical (unpaired) electrons. The van der Waals surface area contributed by atoms with E-state index < -0.39 is 5.97 Å². The van der Waals surface area contributed by atoms with Gasteiger partial charge in [0.15, 0.2) is 0 Å². The van der Waals surface area contributed by atoms with Crippen LogP contribution in [0.1, 0.15) is 35.7 Å². The molecule has 7 nitrogen and oxygen atoms in total. The summed E-state index contributed by atoms with van der Waals surface area (Å²) < 4.78 is 0. The average Bonchev–Trinajstić information content (AvgIpc) is 2.89. The van der Waals surface area contributed by atoms with Crippen LogP contribution in [0.3, 0.4) is 0 Å². The smallest absolute Gasteiger partial charge is 0.305 e. The number of hydrogen-bond donors (Lipinski definition) is 3. The monoisotopic (exact) mass is 465 g/mol.